The SMILES string of the molecule is Cc1ccc(Cc2nc(N3CCCN(C(=O)Cc4cccs4)CC3)c3cnn(-c4ccccc4)c3n2)cc1. The van der Waals surface area contributed by atoms with Crippen molar-refractivity contribution in [3.63, 3.8) is 0 Å². The molecule has 0 saturated carbocycles. The van der Waals surface area contributed by atoms with E-state index in [0.29, 0.717) is 19.4 Å². The van der Waals surface area contributed by atoms with Crippen LogP contribution in [0.2, 0.25) is 0 Å². The third-order valence-corrected chi connectivity index (χ3v) is 7.87. The summed E-state index contributed by atoms with van der Waals surface area (Å²) in [6, 6.07) is 22.7. The number of nitrogens with zero attached hydrogens (tertiary/aromatic N) is 6. The van der Waals surface area contributed by atoms with E-state index in [1.165, 1.54) is 11.1 Å². The molecule has 7 nitrogen and oxygen atoms in total. The van der Waals surface area contributed by atoms with Gasteiger partial charge < -0.3 is 9.80 Å². The molecule has 1 saturated heterocycles. The zero-order chi connectivity index (χ0) is 25.9. The molecular weight excluding hydrogens is 492 g/mol. The number of rotatable bonds is 6. The van der Waals surface area contributed by atoms with Gasteiger partial charge in [-0.2, -0.15) is 5.10 Å². The van der Waals surface area contributed by atoms with Crippen molar-refractivity contribution in [1.82, 2.24) is 24.6 Å². The van der Waals surface area contributed by atoms with Crippen molar-refractivity contribution < 1.29 is 4.79 Å². The predicted molar refractivity (Wildman–Crippen MR) is 152 cm³/mol. The molecule has 4 heterocycles. The minimum absolute atomic E-state index is 0.194. The highest BCUT2D eigenvalue weighted by molar-refractivity contribution is 7.10. The van der Waals surface area contributed by atoms with Crippen LogP contribution in [0.3, 0.4) is 0 Å². The number of fused-ring (bicyclic) bond motifs is 1. The van der Waals surface area contributed by atoms with Gasteiger partial charge in [-0.1, -0.05) is 54.1 Å². The first-order valence-corrected chi connectivity index (χ1v) is 13.9. The van der Waals surface area contributed by atoms with Gasteiger partial charge in [0.25, 0.3) is 0 Å². The molecule has 5 aromatic rings. The monoisotopic (exact) mass is 522 g/mol. The molecule has 0 aliphatic carbocycles. The summed E-state index contributed by atoms with van der Waals surface area (Å²) in [5.41, 5.74) is 4.18. The first-order valence-electron chi connectivity index (χ1n) is 13.0. The van der Waals surface area contributed by atoms with Crippen LogP contribution < -0.4 is 4.90 Å². The highest BCUT2D eigenvalue weighted by Gasteiger charge is 2.24. The molecule has 1 aliphatic rings. The van der Waals surface area contributed by atoms with E-state index in [9.17, 15) is 4.79 Å². The van der Waals surface area contributed by atoms with Crippen LogP contribution in [-0.4, -0.2) is 56.7 Å². The minimum Gasteiger partial charge on any atom is -0.354 e. The normalized spacial score (nSPS) is 14.1. The summed E-state index contributed by atoms with van der Waals surface area (Å²) in [6.45, 7) is 5.08. The third kappa shape index (κ3) is 5.17. The molecule has 0 radical (unpaired) electrons. The van der Waals surface area contributed by atoms with Gasteiger partial charge in [-0.05, 0) is 42.5 Å². The van der Waals surface area contributed by atoms with Gasteiger partial charge in [0.15, 0.2) is 5.65 Å². The second-order valence-electron chi connectivity index (χ2n) is 9.73. The molecule has 192 valence electrons. The van der Waals surface area contributed by atoms with Crippen molar-refractivity contribution in [1.29, 1.82) is 0 Å². The van der Waals surface area contributed by atoms with E-state index in [-0.39, 0.29) is 5.91 Å². The average Bonchev–Trinajstić information content (AvgIpc) is 3.54. The van der Waals surface area contributed by atoms with E-state index < -0.39 is 0 Å². The Bertz CT molecular complexity index is 1530. The van der Waals surface area contributed by atoms with Crippen LogP contribution in [0.4, 0.5) is 5.82 Å². The molecule has 6 rings (SSSR count). The quantitative estimate of drug-likeness (QED) is 0.312. The summed E-state index contributed by atoms with van der Waals surface area (Å²) in [5.74, 6) is 1.86. The maximum atomic E-state index is 13.0. The Balaban J connectivity index is 1.32. The topological polar surface area (TPSA) is 67.2 Å². The lowest BCUT2D eigenvalue weighted by molar-refractivity contribution is -0.130. The summed E-state index contributed by atoms with van der Waals surface area (Å²) >= 11 is 1.64. The van der Waals surface area contributed by atoms with Crippen molar-refractivity contribution in [2.75, 3.05) is 31.1 Å². The number of aryl methyl sites for hydroxylation is 1. The van der Waals surface area contributed by atoms with Crippen LogP contribution in [-0.2, 0) is 17.6 Å². The first kappa shape index (κ1) is 24.3. The number of benzene rings is 2. The first-order chi connectivity index (χ1) is 18.6. The summed E-state index contributed by atoms with van der Waals surface area (Å²) < 4.78 is 1.90. The summed E-state index contributed by atoms with van der Waals surface area (Å²) in [5, 5.41) is 7.67. The van der Waals surface area contributed by atoms with Crippen molar-refractivity contribution in [3.05, 3.63) is 100 Å². The molecule has 2 aromatic carbocycles. The summed E-state index contributed by atoms with van der Waals surface area (Å²) in [7, 11) is 0. The number of anilines is 1. The Kier molecular flexibility index (Phi) is 6.88. The molecule has 0 spiro atoms. The van der Waals surface area contributed by atoms with Crippen molar-refractivity contribution in [2.45, 2.75) is 26.2 Å². The molecule has 0 N–H and O–H groups in total. The van der Waals surface area contributed by atoms with E-state index in [1.807, 2.05) is 63.6 Å². The van der Waals surface area contributed by atoms with Gasteiger partial charge in [-0.25, -0.2) is 14.6 Å². The zero-order valence-corrected chi connectivity index (χ0v) is 22.3. The molecule has 8 heteroatoms. The van der Waals surface area contributed by atoms with Crippen LogP contribution >= 0.6 is 11.3 Å². The largest absolute Gasteiger partial charge is 0.354 e. The Hall–Kier alpha value is -4.04. The lowest BCUT2D eigenvalue weighted by Gasteiger charge is -2.24. The lowest BCUT2D eigenvalue weighted by atomic mass is 10.1. The highest BCUT2D eigenvalue weighted by atomic mass is 32.1. The number of thiophene rings is 1. The molecule has 0 atom stereocenters. The Labute approximate surface area is 226 Å². The molecule has 0 unspecified atom stereocenters. The predicted octanol–water partition coefficient (Wildman–Crippen LogP) is 5.06. The van der Waals surface area contributed by atoms with E-state index >= 15 is 0 Å². The molecule has 38 heavy (non-hydrogen) atoms. The van der Waals surface area contributed by atoms with E-state index in [4.69, 9.17) is 15.1 Å². The molecule has 3 aromatic heterocycles. The fraction of sp³-hybridized carbons (Fsp3) is 0.267. The molecule has 1 aliphatic heterocycles. The van der Waals surface area contributed by atoms with Crippen LogP contribution in [0.15, 0.2) is 78.3 Å². The molecule has 1 fully saturated rings. The number of carbonyl (C=O) groups is 1. The van der Waals surface area contributed by atoms with Crippen molar-refractivity contribution >= 4 is 34.1 Å². The third-order valence-electron chi connectivity index (χ3n) is 6.99. The maximum absolute atomic E-state index is 13.0. The smallest absolute Gasteiger partial charge is 0.227 e. The van der Waals surface area contributed by atoms with Gasteiger partial charge >= 0.3 is 0 Å². The van der Waals surface area contributed by atoms with Gasteiger partial charge in [-0.3, -0.25) is 4.79 Å². The fourth-order valence-electron chi connectivity index (χ4n) is 4.96. The van der Waals surface area contributed by atoms with Crippen LogP contribution in [0.25, 0.3) is 16.7 Å². The summed E-state index contributed by atoms with van der Waals surface area (Å²) in [4.78, 5) is 28.5. The fourth-order valence-corrected chi connectivity index (χ4v) is 5.65. The molecule has 1 amide bonds. The van der Waals surface area contributed by atoms with Crippen molar-refractivity contribution in [2.24, 2.45) is 0 Å². The number of hydrogen-bond acceptors (Lipinski definition) is 6. The van der Waals surface area contributed by atoms with Crippen LogP contribution in [0.5, 0.6) is 0 Å². The second kappa shape index (κ2) is 10.8. The number of para-hydroxylation sites is 1. The Morgan fingerprint density at radius 3 is 2.55 bits per heavy atom. The van der Waals surface area contributed by atoms with Crippen molar-refractivity contribution in [3.8, 4) is 5.69 Å². The summed E-state index contributed by atoms with van der Waals surface area (Å²) in [6.07, 6.45) is 3.88. The standard InChI is InChI=1S/C30H30N6OS/c1-22-10-12-23(13-11-22)19-27-32-29(26-21-31-36(30(26)33-27)24-7-3-2-4-8-24)35-15-6-14-34(16-17-35)28(37)20-25-9-5-18-38-25/h2-5,7-13,18,21H,6,14-17,19-20H2,1H3. The number of carbonyl (C=O) groups excluding carboxylic acids is 1. The number of aromatic nitrogens is 4. The number of hydrogen-bond donors (Lipinski definition) is 0. The van der Waals surface area contributed by atoms with E-state index in [1.54, 1.807) is 11.3 Å². The van der Waals surface area contributed by atoms with Crippen LogP contribution in [0, 0.1) is 6.92 Å². The molecular formula is C30H30N6OS. The minimum atomic E-state index is 0.194. The Morgan fingerprint density at radius 1 is 0.921 bits per heavy atom. The van der Waals surface area contributed by atoms with Gasteiger partial charge in [0.05, 0.1) is 23.7 Å². The van der Waals surface area contributed by atoms with Gasteiger partial charge in [0, 0.05) is 37.5 Å². The van der Waals surface area contributed by atoms with E-state index in [2.05, 4.69) is 36.1 Å². The zero-order valence-electron chi connectivity index (χ0n) is 21.5. The second-order valence-corrected chi connectivity index (χ2v) is 10.8. The van der Waals surface area contributed by atoms with E-state index in [0.717, 1.165) is 59.3 Å². The van der Waals surface area contributed by atoms with Gasteiger partial charge in [-0.15, -0.1) is 11.3 Å². The average molecular weight is 523 g/mol. The van der Waals surface area contributed by atoms with Gasteiger partial charge in [0.1, 0.15) is 11.6 Å². The van der Waals surface area contributed by atoms with Crippen LogP contribution in [0.1, 0.15) is 28.2 Å². The Morgan fingerprint density at radius 2 is 1.76 bits per heavy atom. The van der Waals surface area contributed by atoms with Gasteiger partial charge in [0.2, 0.25) is 5.91 Å². The maximum Gasteiger partial charge on any atom is 0.227 e. The lowest BCUT2D eigenvalue weighted by Crippen LogP contribution is -2.36. The molecule has 0 bridgehead atoms. The number of amides is 1. The highest BCUT2D eigenvalue weighted by Crippen LogP contribution is 2.27.